The van der Waals surface area contributed by atoms with Gasteiger partial charge < -0.3 is 19.5 Å². The lowest BCUT2D eigenvalue weighted by atomic mass is 9.93. The molecule has 0 spiro atoms. The van der Waals surface area contributed by atoms with Crippen molar-refractivity contribution in [2.75, 3.05) is 25.0 Å². The molecule has 0 radical (unpaired) electrons. The first-order valence-corrected chi connectivity index (χ1v) is 10.6. The minimum absolute atomic E-state index is 0.199. The number of ether oxygens (including phenoxy) is 1. The van der Waals surface area contributed by atoms with Gasteiger partial charge in [0.2, 0.25) is 0 Å². The van der Waals surface area contributed by atoms with Crippen molar-refractivity contribution in [1.82, 2.24) is 19.9 Å². The third-order valence-electron chi connectivity index (χ3n) is 6.95. The van der Waals surface area contributed by atoms with Crippen molar-refractivity contribution < 1.29 is 9.53 Å². The minimum Gasteiger partial charge on any atom is -0.445 e. The molecule has 3 aromatic rings. The van der Waals surface area contributed by atoms with Crippen LogP contribution in [0.15, 0.2) is 48.9 Å². The second-order valence-electron chi connectivity index (χ2n) is 8.58. The molecule has 5 rings (SSSR count). The van der Waals surface area contributed by atoms with Crippen molar-refractivity contribution in [3.05, 3.63) is 54.5 Å². The Bertz CT molecular complexity index is 1040. The smallest absolute Gasteiger partial charge is 0.410 e. The first kappa shape index (κ1) is 18.9. The average molecular weight is 406 g/mol. The van der Waals surface area contributed by atoms with Crippen LogP contribution in [0.1, 0.15) is 18.9 Å². The maximum atomic E-state index is 12.6. The molecule has 2 fully saturated rings. The Labute approximate surface area is 176 Å². The fourth-order valence-corrected chi connectivity index (χ4v) is 5.32. The quantitative estimate of drug-likeness (QED) is 0.717. The highest BCUT2D eigenvalue weighted by Gasteiger charge is 2.48. The van der Waals surface area contributed by atoms with Crippen LogP contribution in [-0.4, -0.2) is 52.1 Å². The van der Waals surface area contributed by atoms with Crippen LogP contribution in [0.3, 0.4) is 0 Å². The van der Waals surface area contributed by atoms with Gasteiger partial charge in [0, 0.05) is 32.4 Å². The summed E-state index contributed by atoms with van der Waals surface area (Å²) >= 11 is 0. The van der Waals surface area contributed by atoms with Crippen molar-refractivity contribution in [2.45, 2.75) is 26.0 Å². The summed E-state index contributed by atoms with van der Waals surface area (Å²) in [5, 5.41) is 1.05. The summed E-state index contributed by atoms with van der Waals surface area (Å²) in [6.07, 6.45) is 4.38. The van der Waals surface area contributed by atoms with E-state index in [-0.39, 0.29) is 6.09 Å². The third kappa shape index (κ3) is 3.28. The monoisotopic (exact) mass is 405 g/mol. The van der Waals surface area contributed by atoms with Crippen molar-refractivity contribution in [3.8, 4) is 0 Å². The van der Waals surface area contributed by atoms with Gasteiger partial charge in [-0.15, -0.1) is 0 Å². The van der Waals surface area contributed by atoms with E-state index in [1.54, 1.807) is 6.33 Å². The van der Waals surface area contributed by atoms with Gasteiger partial charge in [-0.25, -0.2) is 14.8 Å². The molecule has 2 unspecified atom stereocenters. The van der Waals surface area contributed by atoms with Gasteiger partial charge in [-0.3, -0.25) is 0 Å². The number of amides is 1. The molecule has 7 heteroatoms. The van der Waals surface area contributed by atoms with Gasteiger partial charge in [0.25, 0.3) is 0 Å². The van der Waals surface area contributed by atoms with Gasteiger partial charge >= 0.3 is 6.09 Å². The number of likely N-dealkylation sites (tertiary alicyclic amines) is 1. The van der Waals surface area contributed by atoms with E-state index in [1.807, 2.05) is 47.5 Å². The molecular weight excluding hydrogens is 378 g/mol. The topological polar surface area (TPSA) is 74.3 Å². The van der Waals surface area contributed by atoms with Crippen LogP contribution in [-0.2, 0) is 11.3 Å². The van der Waals surface area contributed by atoms with Gasteiger partial charge in [0.1, 0.15) is 24.4 Å². The Morgan fingerprint density at radius 3 is 2.87 bits per heavy atom. The number of aromatic nitrogens is 3. The van der Waals surface area contributed by atoms with E-state index in [0.29, 0.717) is 30.4 Å². The molecule has 156 valence electrons. The van der Waals surface area contributed by atoms with Crippen molar-refractivity contribution in [1.29, 1.82) is 0 Å². The zero-order chi connectivity index (χ0) is 20.7. The van der Waals surface area contributed by atoms with E-state index >= 15 is 0 Å². The molecule has 3 heterocycles. The highest BCUT2D eigenvalue weighted by Crippen LogP contribution is 2.45. The Kier molecular flexibility index (Phi) is 4.81. The molecular formula is C23H27N5O2. The lowest BCUT2D eigenvalue weighted by Gasteiger charge is -2.31. The fraction of sp³-hybridized carbons (Fsp3) is 0.435. The Hall–Kier alpha value is -3.09. The maximum Gasteiger partial charge on any atom is 0.410 e. The maximum absolute atomic E-state index is 12.6. The Balaban J connectivity index is 1.23. The average Bonchev–Trinajstić information content (AvgIpc) is 3.48. The molecule has 30 heavy (non-hydrogen) atoms. The number of aromatic amines is 1. The number of carbonyl (C=O) groups excluding carboxylic acids is 1. The predicted molar refractivity (Wildman–Crippen MR) is 115 cm³/mol. The van der Waals surface area contributed by atoms with Crippen molar-refractivity contribution in [3.63, 3.8) is 0 Å². The number of nitrogens with zero attached hydrogens (tertiary/aromatic N) is 4. The first-order valence-electron chi connectivity index (χ1n) is 10.6. The number of anilines is 1. The molecule has 2 aliphatic rings. The van der Waals surface area contributed by atoms with E-state index in [4.69, 9.17) is 4.74 Å². The molecule has 2 aromatic heterocycles. The molecule has 0 bridgehead atoms. The van der Waals surface area contributed by atoms with Gasteiger partial charge in [-0.05, 0) is 35.8 Å². The summed E-state index contributed by atoms with van der Waals surface area (Å²) in [7, 11) is 2.13. The molecule has 1 saturated carbocycles. The number of carbonyl (C=O) groups is 1. The van der Waals surface area contributed by atoms with E-state index in [0.717, 1.165) is 41.9 Å². The molecule has 1 saturated heterocycles. The zero-order valence-electron chi connectivity index (χ0n) is 17.4. The molecule has 1 aliphatic carbocycles. The minimum atomic E-state index is -0.199. The van der Waals surface area contributed by atoms with Crippen molar-refractivity contribution >= 4 is 22.9 Å². The third-order valence-corrected chi connectivity index (χ3v) is 6.95. The molecule has 1 aromatic carbocycles. The van der Waals surface area contributed by atoms with Crippen LogP contribution in [0.25, 0.3) is 11.0 Å². The lowest BCUT2D eigenvalue weighted by Crippen LogP contribution is -2.38. The lowest BCUT2D eigenvalue weighted by molar-refractivity contribution is 0.100. The zero-order valence-corrected chi connectivity index (χ0v) is 17.4. The Morgan fingerprint density at radius 1 is 1.23 bits per heavy atom. The van der Waals surface area contributed by atoms with E-state index < -0.39 is 0 Å². The highest BCUT2D eigenvalue weighted by atomic mass is 16.6. The van der Waals surface area contributed by atoms with Crippen LogP contribution in [0.5, 0.6) is 0 Å². The standard InChI is InChI=1S/C23H27N5O2/c1-15-19-12-28(23(29)30-13-16-6-4-3-5-7-16)11-17(19)10-20(15)27(2)22-18-8-9-24-21(18)25-14-26-22/h3-9,14-15,17,19-20H,10-13H2,1-2H3,(H,24,25,26)/t15-,17?,19?,20+/m1/s1. The largest absolute Gasteiger partial charge is 0.445 e. The van der Waals surface area contributed by atoms with Crippen LogP contribution in [0, 0.1) is 17.8 Å². The molecule has 1 N–H and O–H groups in total. The van der Waals surface area contributed by atoms with Gasteiger partial charge in [-0.2, -0.15) is 0 Å². The van der Waals surface area contributed by atoms with E-state index in [1.165, 1.54) is 0 Å². The number of nitrogens with one attached hydrogen (secondary N) is 1. The molecule has 7 nitrogen and oxygen atoms in total. The molecule has 4 atom stereocenters. The summed E-state index contributed by atoms with van der Waals surface area (Å²) < 4.78 is 5.55. The second kappa shape index (κ2) is 7.63. The number of hydrogen-bond donors (Lipinski definition) is 1. The van der Waals surface area contributed by atoms with Gasteiger partial charge in [-0.1, -0.05) is 37.3 Å². The Morgan fingerprint density at radius 2 is 2.07 bits per heavy atom. The summed E-state index contributed by atoms with van der Waals surface area (Å²) in [5.41, 5.74) is 1.88. The number of H-pyrrole nitrogens is 1. The first-order chi connectivity index (χ1) is 14.6. The normalized spacial score (nSPS) is 25.5. The van der Waals surface area contributed by atoms with Crippen LogP contribution in [0.4, 0.5) is 10.6 Å². The van der Waals surface area contributed by atoms with Crippen molar-refractivity contribution in [2.24, 2.45) is 17.8 Å². The predicted octanol–water partition coefficient (Wildman–Crippen LogP) is 3.69. The fourth-order valence-electron chi connectivity index (χ4n) is 5.32. The number of rotatable bonds is 4. The van der Waals surface area contributed by atoms with Crippen LogP contribution >= 0.6 is 0 Å². The van der Waals surface area contributed by atoms with Gasteiger partial charge in [0.05, 0.1) is 5.39 Å². The SMILES string of the molecule is C[C@@H]1C2CN(C(=O)OCc3ccccc3)CC2C[C@@H]1N(C)c1ncnc2[nH]ccc12. The van der Waals surface area contributed by atoms with E-state index in [2.05, 4.69) is 33.8 Å². The summed E-state index contributed by atoms with van der Waals surface area (Å²) in [6, 6.07) is 12.3. The summed E-state index contributed by atoms with van der Waals surface area (Å²) in [5.74, 6) is 2.43. The molecule has 1 amide bonds. The number of hydrogen-bond acceptors (Lipinski definition) is 5. The highest BCUT2D eigenvalue weighted by molar-refractivity contribution is 5.87. The van der Waals surface area contributed by atoms with Gasteiger partial charge in [0.15, 0.2) is 0 Å². The second-order valence-corrected chi connectivity index (χ2v) is 8.58. The number of fused-ring (bicyclic) bond motifs is 2. The van der Waals surface area contributed by atoms with Crippen LogP contribution < -0.4 is 4.90 Å². The number of benzene rings is 1. The summed E-state index contributed by atoms with van der Waals surface area (Å²) in [6.45, 7) is 4.18. The van der Waals surface area contributed by atoms with E-state index in [9.17, 15) is 4.79 Å². The van der Waals surface area contributed by atoms with Crippen LogP contribution in [0.2, 0.25) is 0 Å². The molecule has 1 aliphatic heterocycles. The summed E-state index contributed by atoms with van der Waals surface area (Å²) in [4.78, 5) is 28.8.